The molecule has 68 valence electrons. The molecule has 0 saturated heterocycles. The number of halogens is 1. The summed E-state index contributed by atoms with van der Waals surface area (Å²) in [5, 5.41) is 0. The van der Waals surface area contributed by atoms with Crippen LogP contribution in [-0.2, 0) is 0 Å². The van der Waals surface area contributed by atoms with Crippen molar-refractivity contribution in [3.05, 3.63) is 6.42 Å². The molecule has 0 heterocycles. The van der Waals surface area contributed by atoms with E-state index in [1.807, 2.05) is 0 Å². The standard InChI is InChI=1S/C10H19.BrH.Mg/c1-9(2)8-10-6-4-3-5-7-10;;/h6,9-10H,3-5,7-8H2,1-2H3;1H;/q-1;;+2/p-1. The van der Waals surface area contributed by atoms with Gasteiger partial charge < -0.3 is 23.4 Å². The van der Waals surface area contributed by atoms with E-state index in [0.717, 1.165) is 11.8 Å². The minimum Gasteiger partial charge on any atom is -1.00 e. The molecule has 0 aromatic rings. The molecule has 1 saturated carbocycles. The summed E-state index contributed by atoms with van der Waals surface area (Å²) in [5.41, 5.74) is 0. The van der Waals surface area contributed by atoms with Crippen LogP contribution in [0.2, 0.25) is 0 Å². The van der Waals surface area contributed by atoms with Gasteiger partial charge in [-0.1, -0.05) is 39.5 Å². The van der Waals surface area contributed by atoms with E-state index in [2.05, 4.69) is 20.3 Å². The van der Waals surface area contributed by atoms with Gasteiger partial charge in [-0.15, -0.1) is 0 Å². The molecular weight excluding hydrogens is 224 g/mol. The summed E-state index contributed by atoms with van der Waals surface area (Å²) in [5.74, 6) is 1.84. The molecular formula is C10H19BrMg. The van der Waals surface area contributed by atoms with Gasteiger partial charge in [0.2, 0.25) is 0 Å². The van der Waals surface area contributed by atoms with Crippen LogP contribution in [0.4, 0.5) is 0 Å². The molecule has 1 rings (SSSR count). The van der Waals surface area contributed by atoms with Gasteiger partial charge in [0.25, 0.3) is 0 Å². The first-order valence-corrected chi connectivity index (χ1v) is 4.62. The van der Waals surface area contributed by atoms with E-state index < -0.39 is 0 Å². The maximum atomic E-state index is 2.53. The Morgan fingerprint density at radius 2 is 2.00 bits per heavy atom. The molecule has 12 heavy (non-hydrogen) atoms. The van der Waals surface area contributed by atoms with Crippen LogP contribution in [0, 0.1) is 18.3 Å². The van der Waals surface area contributed by atoms with Crippen molar-refractivity contribution >= 4 is 23.1 Å². The van der Waals surface area contributed by atoms with Crippen LogP contribution in [0.3, 0.4) is 0 Å². The fourth-order valence-corrected chi connectivity index (χ4v) is 1.84. The summed E-state index contributed by atoms with van der Waals surface area (Å²) in [6, 6.07) is 0. The van der Waals surface area contributed by atoms with E-state index in [-0.39, 0.29) is 40.0 Å². The first-order valence-electron chi connectivity index (χ1n) is 4.62. The Labute approximate surface area is 104 Å². The van der Waals surface area contributed by atoms with E-state index in [1.165, 1.54) is 32.1 Å². The van der Waals surface area contributed by atoms with Crippen LogP contribution in [0.5, 0.6) is 0 Å². The van der Waals surface area contributed by atoms with Crippen molar-refractivity contribution < 1.29 is 17.0 Å². The molecule has 0 aliphatic heterocycles. The van der Waals surface area contributed by atoms with Crippen LogP contribution >= 0.6 is 0 Å². The molecule has 0 nitrogen and oxygen atoms in total. The van der Waals surface area contributed by atoms with Crippen molar-refractivity contribution in [3.8, 4) is 0 Å². The molecule has 0 spiro atoms. The molecule has 1 aliphatic rings. The summed E-state index contributed by atoms with van der Waals surface area (Å²) in [7, 11) is 0. The van der Waals surface area contributed by atoms with Crippen molar-refractivity contribution in [3.63, 3.8) is 0 Å². The molecule has 0 radical (unpaired) electrons. The molecule has 0 aromatic carbocycles. The largest absolute Gasteiger partial charge is 2.00 e. The second-order valence-electron chi connectivity index (χ2n) is 3.91. The second-order valence-corrected chi connectivity index (χ2v) is 3.91. The van der Waals surface area contributed by atoms with Crippen molar-refractivity contribution in [1.29, 1.82) is 0 Å². The van der Waals surface area contributed by atoms with Gasteiger partial charge in [-0.2, -0.15) is 12.3 Å². The van der Waals surface area contributed by atoms with Gasteiger partial charge in [0, 0.05) is 0 Å². The van der Waals surface area contributed by atoms with E-state index in [9.17, 15) is 0 Å². The van der Waals surface area contributed by atoms with Crippen LogP contribution < -0.4 is 17.0 Å². The average Bonchev–Trinajstić information content (AvgIpc) is 1.88. The maximum Gasteiger partial charge on any atom is 2.00 e. The minimum atomic E-state index is 0. The summed E-state index contributed by atoms with van der Waals surface area (Å²) in [6.07, 6.45) is 9.68. The van der Waals surface area contributed by atoms with Crippen LogP contribution in [0.25, 0.3) is 0 Å². The quantitative estimate of drug-likeness (QED) is 0.475. The molecule has 0 amide bonds. The van der Waals surface area contributed by atoms with Gasteiger partial charge in [0.15, 0.2) is 0 Å². The third kappa shape index (κ3) is 6.73. The van der Waals surface area contributed by atoms with Crippen molar-refractivity contribution in [2.24, 2.45) is 11.8 Å². The molecule has 0 aromatic heterocycles. The first-order chi connectivity index (χ1) is 4.79. The van der Waals surface area contributed by atoms with E-state index in [0.29, 0.717) is 0 Å². The molecule has 1 fully saturated rings. The summed E-state index contributed by atoms with van der Waals surface area (Å²) in [4.78, 5) is 0. The minimum absolute atomic E-state index is 0. The fourth-order valence-electron chi connectivity index (χ4n) is 1.84. The Kier molecular flexibility index (Phi) is 11.6. The fraction of sp³-hybridized carbons (Fsp3) is 0.900. The topological polar surface area (TPSA) is 0 Å². The molecule has 1 unspecified atom stereocenters. The Bertz CT molecular complexity index is 87.8. The van der Waals surface area contributed by atoms with Crippen molar-refractivity contribution in [2.75, 3.05) is 0 Å². The molecule has 0 bridgehead atoms. The third-order valence-corrected chi connectivity index (χ3v) is 2.30. The normalized spacial score (nSPS) is 22.8. The van der Waals surface area contributed by atoms with Gasteiger partial charge in [0.1, 0.15) is 0 Å². The van der Waals surface area contributed by atoms with Crippen LogP contribution in [0.1, 0.15) is 46.0 Å². The van der Waals surface area contributed by atoms with E-state index in [4.69, 9.17) is 0 Å². The Morgan fingerprint density at radius 1 is 1.33 bits per heavy atom. The van der Waals surface area contributed by atoms with Gasteiger partial charge in [0.05, 0.1) is 0 Å². The van der Waals surface area contributed by atoms with Crippen molar-refractivity contribution in [1.82, 2.24) is 0 Å². The number of hydrogen-bond acceptors (Lipinski definition) is 0. The van der Waals surface area contributed by atoms with E-state index >= 15 is 0 Å². The maximum absolute atomic E-state index is 2.53. The summed E-state index contributed by atoms with van der Waals surface area (Å²) in [6.45, 7) is 4.64. The number of rotatable bonds is 2. The average molecular weight is 243 g/mol. The molecule has 1 aliphatic carbocycles. The molecule has 2 heteroatoms. The monoisotopic (exact) mass is 242 g/mol. The predicted molar refractivity (Wildman–Crippen MR) is 51.5 cm³/mol. The van der Waals surface area contributed by atoms with E-state index in [1.54, 1.807) is 0 Å². The van der Waals surface area contributed by atoms with Crippen molar-refractivity contribution in [2.45, 2.75) is 46.0 Å². The number of hydrogen-bond donors (Lipinski definition) is 0. The predicted octanol–water partition coefficient (Wildman–Crippen LogP) is 0.0502. The molecule has 1 atom stereocenters. The molecule has 0 N–H and O–H groups in total. The SMILES string of the molecule is CC(C)CC1[CH-]CCCC1.[Br-].[Mg+2]. The second kappa shape index (κ2) is 8.83. The van der Waals surface area contributed by atoms with Gasteiger partial charge in [-0.25, -0.2) is 0 Å². The smallest absolute Gasteiger partial charge is 1.00 e. The van der Waals surface area contributed by atoms with Gasteiger partial charge >= 0.3 is 23.1 Å². The van der Waals surface area contributed by atoms with Gasteiger partial charge in [-0.05, 0) is 5.92 Å². The Balaban J connectivity index is 0. The Hall–Kier alpha value is 1.25. The first kappa shape index (κ1) is 15.7. The Morgan fingerprint density at radius 3 is 2.42 bits per heavy atom. The zero-order valence-electron chi connectivity index (χ0n) is 8.35. The van der Waals surface area contributed by atoms with Gasteiger partial charge in [-0.3, -0.25) is 0 Å². The summed E-state index contributed by atoms with van der Waals surface area (Å²) >= 11 is 0. The van der Waals surface area contributed by atoms with Crippen LogP contribution in [0.15, 0.2) is 0 Å². The zero-order valence-corrected chi connectivity index (χ0v) is 11.4. The van der Waals surface area contributed by atoms with Crippen LogP contribution in [-0.4, -0.2) is 23.1 Å². The zero-order chi connectivity index (χ0) is 7.40. The summed E-state index contributed by atoms with van der Waals surface area (Å²) < 4.78 is 0. The third-order valence-electron chi connectivity index (χ3n) is 2.30.